The molecule has 0 bridgehead atoms. The monoisotopic (exact) mass is 367 g/mol. The molecule has 0 aliphatic carbocycles. The molecule has 2 heterocycles. The molecule has 2 aromatic heterocycles. The predicted molar refractivity (Wildman–Crippen MR) is 88.3 cm³/mol. The molecule has 0 aliphatic rings. The minimum Gasteiger partial charge on any atom is -0.322 e. The summed E-state index contributed by atoms with van der Waals surface area (Å²) in [7, 11) is 0. The Morgan fingerprint density at radius 2 is 1.96 bits per heavy atom. The van der Waals surface area contributed by atoms with Crippen LogP contribution in [0.4, 0.5) is 18.9 Å². The van der Waals surface area contributed by atoms with Gasteiger partial charge in [0.1, 0.15) is 11.4 Å². The van der Waals surface area contributed by atoms with Gasteiger partial charge in [-0.15, -0.1) is 11.3 Å². The normalized spacial score (nSPS) is 11.1. The zero-order valence-corrected chi connectivity index (χ0v) is 14.0. The number of nitrogens with zero attached hydrogens (tertiary/aromatic N) is 2. The summed E-state index contributed by atoms with van der Waals surface area (Å²) in [6, 6.07) is 1.60. The van der Waals surface area contributed by atoms with E-state index < -0.39 is 41.2 Å². The van der Waals surface area contributed by atoms with Gasteiger partial charge >= 0.3 is 0 Å². The quantitative estimate of drug-likeness (QED) is 0.724. The third-order valence-electron chi connectivity index (χ3n) is 3.78. The average Bonchev–Trinajstić information content (AvgIpc) is 2.86. The molecule has 25 heavy (non-hydrogen) atoms. The van der Waals surface area contributed by atoms with Crippen LogP contribution in [0.15, 0.2) is 23.3 Å². The van der Waals surface area contributed by atoms with Gasteiger partial charge in [-0.25, -0.2) is 18.2 Å². The molecule has 0 fully saturated rings. The Balaban J connectivity index is 1.88. The first-order chi connectivity index (χ1) is 11.8. The van der Waals surface area contributed by atoms with Crippen molar-refractivity contribution in [2.45, 2.75) is 20.4 Å². The van der Waals surface area contributed by atoms with Crippen molar-refractivity contribution < 1.29 is 18.0 Å². The Bertz CT molecular complexity index is 1060. The van der Waals surface area contributed by atoms with Gasteiger partial charge in [0.05, 0.1) is 17.4 Å². The SMILES string of the molecule is Cc1sc2ncn(CC(=O)Nc3ccc(F)c(F)c3F)c(=O)c2c1C. The maximum absolute atomic E-state index is 13.6. The Hall–Kier alpha value is -2.68. The Labute approximate surface area is 143 Å². The highest BCUT2D eigenvalue weighted by Gasteiger charge is 2.17. The molecule has 0 spiro atoms. The summed E-state index contributed by atoms with van der Waals surface area (Å²) in [6.45, 7) is 3.22. The fourth-order valence-electron chi connectivity index (χ4n) is 2.35. The molecule has 1 N–H and O–H groups in total. The molecule has 5 nitrogen and oxygen atoms in total. The third-order valence-corrected chi connectivity index (χ3v) is 4.89. The number of carbonyl (C=O) groups excluding carboxylic acids is 1. The van der Waals surface area contributed by atoms with Crippen LogP contribution in [0.5, 0.6) is 0 Å². The first-order valence-electron chi connectivity index (χ1n) is 7.18. The van der Waals surface area contributed by atoms with E-state index in [1.54, 1.807) is 6.92 Å². The van der Waals surface area contributed by atoms with Crippen LogP contribution in [0.2, 0.25) is 0 Å². The first-order valence-corrected chi connectivity index (χ1v) is 7.99. The Morgan fingerprint density at radius 1 is 1.24 bits per heavy atom. The molecule has 0 unspecified atom stereocenters. The number of anilines is 1. The molecule has 0 aliphatic heterocycles. The number of rotatable bonds is 3. The van der Waals surface area contributed by atoms with Crippen LogP contribution in [0.3, 0.4) is 0 Å². The minimum absolute atomic E-state index is 0.396. The molecule has 3 aromatic rings. The summed E-state index contributed by atoms with van der Waals surface area (Å²) in [6.07, 6.45) is 1.22. The van der Waals surface area contributed by atoms with E-state index in [0.29, 0.717) is 16.3 Å². The largest absolute Gasteiger partial charge is 0.322 e. The van der Waals surface area contributed by atoms with Gasteiger partial charge < -0.3 is 5.32 Å². The van der Waals surface area contributed by atoms with Crippen molar-refractivity contribution in [3.8, 4) is 0 Å². The van der Waals surface area contributed by atoms with Crippen LogP contribution in [-0.2, 0) is 11.3 Å². The molecule has 0 saturated heterocycles. The summed E-state index contributed by atoms with van der Waals surface area (Å²) in [5, 5.41) is 2.54. The molecule has 1 aromatic carbocycles. The number of benzene rings is 1. The van der Waals surface area contributed by atoms with Gasteiger partial charge in [0.2, 0.25) is 5.91 Å². The third kappa shape index (κ3) is 3.02. The predicted octanol–water partition coefficient (Wildman–Crippen LogP) is 3.13. The number of hydrogen-bond acceptors (Lipinski definition) is 4. The van der Waals surface area contributed by atoms with E-state index in [-0.39, 0.29) is 0 Å². The molecule has 0 saturated carbocycles. The van der Waals surface area contributed by atoms with Crippen LogP contribution in [0.1, 0.15) is 10.4 Å². The molecule has 1 amide bonds. The van der Waals surface area contributed by atoms with Crippen molar-refractivity contribution in [2.75, 3.05) is 5.32 Å². The number of amides is 1. The molecule has 3 rings (SSSR count). The number of thiophene rings is 1. The molecule has 0 atom stereocenters. The lowest BCUT2D eigenvalue weighted by molar-refractivity contribution is -0.116. The second kappa shape index (κ2) is 6.32. The lowest BCUT2D eigenvalue weighted by atomic mass is 10.2. The highest BCUT2D eigenvalue weighted by molar-refractivity contribution is 7.18. The zero-order valence-electron chi connectivity index (χ0n) is 13.2. The highest BCUT2D eigenvalue weighted by Crippen LogP contribution is 2.25. The van der Waals surface area contributed by atoms with Crippen LogP contribution in [0, 0.1) is 31.3 Å². The van der Waals surface area contributed by atoms with Gasteiger partial charge in [0.25, 0.3) is 5.56 Å². The number of aryl methyl sites for hydroxylation is 2. The van der Waals surface area contributed by atoms with Gasteiger partial charge in [-0.2, -0.15) is 0 Å². The fraction of sp³-hybridized carbons (Fsp3) is 0.188. The van der Waals surface area contributed by atoms with Crippen molar-refractivity contribution in [1.29, 1.82) is 0 Å². The topological polar surface area (TPSA) is 64.0 Å². The number of fused-ring (bicyclic) bond motifs is 1. The number of carbonyl (C=O) groups is 1. The van der Waals surface area contributed by atoms with E-state index in [2.05, 4.69) is 10.3 Å². The van der Waals surface area contributed by atoms with Gasteiger partial charge in [-0.1, -0.05) is 0 Å². The van der Waals surface area contributed by atoms with E-state index in [0.717, 1.165) is 21.1 Å². The van der Waals surface area contributed by atoms with E-state index in [1.807, 2.05) is 6.92 Å². The van der Waals surface area contributed by atoms with Gasteiger partial charge in [0, 0.05) is 4.88 Å². The minimum atomic E-state index is -1.68. The smallest absolute Gasteiger partial charge is 0.262 e. The lowest BCUT2D eigenvalue weighted by Gasteiger charge is -2.09. The molecular formula is C16H12F3N3O2S. The van der Waals surface area contributed by atoms with E-state index in [4.69, 9.17) is 0 Å². The molecule has 0 radical (unpaired) electrons. The second-order valence-corrected chi connectivity index (χ2v) is 6.62. The van der Waals surface area contributed by atoms with Crippen LogP contribution in [0.25, 0.3) is 10.2 Å². The van der Waals surface area contributed by atoms with Crippen molar-refractivity contribution in [2.24, 2.45) is 0 Å². The maximum atomic E-state index is 13.6. The summed E-state index contributed by atoms with van der Waals surface area (Å²) in [5.41, 5.74) is -0.111. The molecule has 130 valence electrons. The van der Waals surface area contributed by atoms with Gasteiger partial charge in [0.15, 0.2) is 17.5 Å². The Kier molecular flexibility index (Phi) is 4.34. The number of aromatic nitrogens is 2. The summed E-state index contributed by atoms with van der Waals surface area (Å²) < 4.78 is 40.8. The number of halogens is 3. The van der Waals surface area contributed by atoms with Crippen molar-refractivity contribution in [1.82, 2.24) is 9.55 Å². The van der Waals surface area contributed by atoms with Crippen molar-refractivity contribution >= 4 is 33.1 Å². The molecular weight excluding hydrogens is 355 g/mol. The van der Waals surface area contributed by atoms with Gasteiger partial charge in [-0.05, 0) is 31.5 Å². The summed E-state index contributed by atoms with van der Waals surface area (Å²) in [5.74, 6) is -5.30. The van der Waals surface area contributed by atoms with Crippen LogP contribution < -0.4 is 10.9 Å². The van der Waals surface area contributed by atoms with E-state index in [9.17, 15) is 22.8 Å². The Morgan fingerprint density at radius 3 is 2.68 bits per heavy atom. The molecule has 9 heteroatoms. The highest BCUT2D eigenvalue weighted by atomic mass is 32.1. The van der Waals surface area contributed by atoms with Crippen molar-refractivity contribution in [3.63, 3.8) is 0 Å². The standard InChI is InChI=1S/C16H12F3N3O2S/c1-7-8(2)25-15-12(7)16(24)22(6-20-15)5-11(23)21-10-4-3-9(17)13(18)14(10)19/h3-4,6H,5H2,1-2H3,(H,21,23). The summed E-state index contributed by atoms with van der Waals surface area (Å²) in [4.78, 5) is 30.2. The first kappa shape index (κ1) is 17.2. The maximum Gasteiger partial charge on any atom is 0.262 e. The zero-order chi connectivity index (χ0) is 18.3. The fourth-order valence-corrected chi connectivity index (χ4v) is 3.34. The average molecular weight is 367 g/mol. The van der Waals surface area contributed by atoms with Gasteiger partial charge in [-0.3, -0.25) is 14.2 Å². The van der Waals surface area contributed by atoms with E-state index in [1.165, 1.54) is 17.7 Å². The number of nitrogens with one attached hydrogen (secondary N) is 1. The number of hydrogen-bond donors (Lipinski definition) is 1. The van der Waals surface area contributed by atoms with Crippen molar-refractivity contribution in [3.05, 3.63) is 56.7 Å². The second-order valence-electron chi connectivity index (χ2n) is 5.41. The lowest BCUT2D eigenvalue weighted by Crippen LogP contribution is -2.28. The van der Waals surface area contributed by atoms with Crippen LogP contribution in [-0.4, -0.2) is 15.5 Å². The van der Waals surface area contributed by atoms with E-state index >= 15 is 0 Å². The van der Waals surface area contributed by atoms with Crippen LogP contribution >= 0.6 is 11.3 Å². The summed E-state index contributed by atoms with van der Waals surface area (Å²) >= 11 is 1.38.